The molecule has 1 saturated heterocycles. The molecule has 0 unspecified atom stereocenters. The molecule has 2 fully saturated rings. The quantitative estimate of drug-likeness (QED) is 0.587. The van der Waals surface area contributed by atoms with Crippen LogP contribution in [0.15, 0.2) is 53.4 Å². The van der Waals surface area contributed by atoms with E-state index < -0.39 is 21.8 Å². The van der Waals surface area contributed by atoms with Crippen molar-refractivity contribution < 1.29 is 30.8 Å². The van der Waals surface area contributed by atoms with Crippen molar-refractivity contribution in [2.45, 2.75) is 61.7 Å². The van der Waals surface area contributed by atoms with E-state index >= 15 is 0 Å². The summed E-state index contributed by atoms with van der Waals surface area (Å²) in [6.07, 6.45) is -0.880. The summed E-state index contributed by atoms with van der Waals surface area (Å²) < 4.78 is 79.3. The van der Waals surface area contributed by atoms with Crippen LogP contribution in [0.3, 0.4) is 0 Å². The van der Waals surface area contributed by atoms with E-state index in [0.29, 0.717) is 32.2 Å². The van der Waals surface area contributed by atoms with Crippen LogP contribution in [0.2, 0.25) is 0 Å². The third kappa shape index (κ3) is 5.43. The van der Waals surface area contributed by atoms with E-state index in [9.17, 15) is 30.8 Å². The highest BCUT2D eigenvalue weighted by Crippen LogP contribution is 2.36. The molecule has 0 aromatic heterocycles. The van der Waals surface area contributed by atoms with Crippen molar-refractivity contribution in [1.82, 2.24) is 9.62 Å². The van der Waals surface area contributed by atoms with E-state index in [-0.39, 0.29) is 34.6 Å². The first-order valence-electron chi connectivity index (χ1n) is 11.3. The molecule has 1 saturated carbocycles. The molecule has 34 heavy (non-hydrogen) atoms. The van der Waals surface area contributed by atoms with Crippen molar-refractivity contribution in [3.8, 4) is 0 Å². The van der Waals surface area contributed by atoms with E-state index in [4.69, 9.17) is 0 Å². The molecule has 184 valence electrons. The van der Waals surface area contributed by atoms with E-state index in [1.54, 1.807) is 12.1 Å². The van der Waals surface area contributed by atoms with Crippen molar-refractivity contribution in [2.24, 2.45) is 5.92 Å². The molecule has 2 aliphatic rings. The first kappa shape index (κ1) is 24.7. The molecule has 1 heterocycles. The second kappa shape index (κ2) is 9.65. The minimum absolute atomic E-state index is 0.0378. The predicted octanol–water partition coefficient (Wildman–Crippen LogP) is 5.05. The van der Waals surface area contributed by atoms with Gasteiger partial charge >= 0.3 is 6.18 Å². The van der Waals surface area contributed by atoms with E-state index in [2.05, 4.69) is 4.72 Å². The maximum Gasteiger partial charge on any atom is 0.416 e. The monoisotopic (exact) mass is 498 g/mol. The van der Waals surface area contributed by atoms with E-state index in [0.717, 1.165) is 42.7 Å². The Morgan fingerprint density at radius 1 is 0.912 bits per heavy atom. The molecule has 1 N–H and O–H groups in total. The number of alkyl halides is 3. The Kier molecular flexibility index (Phi) is 7.00. The summed E-state index contributed by atoms with van der Waals surface area (Å²) in [5.41, 5.74) is -0.00318. The van der Waals surface area contributed by atoms with Gasteiger partial charge in [-0.05, 0) is 80.5 Å². The Bertz CT molecular complexity index is 1110. The van der Waals surface area contributed by atoms with Gasteiger partial charge in [0.1, 0.15) is 5.82 Å². The second-order valence-electron chi connectivity index (χ2n) is 8.93. The molecule has 0 radical (unpaired) electrons. The Morgan fingerprint density at radius 2 is 1.53 bits per heavy atom. The SMILES string of the molecule is O=C([C@H]1CC[C@H](NS(=O)(=O)c2ccc(C(F)(F)F)cc2)CC1)N1CCC[C@@H]1c1ccc(F)cc1. The lowest BCUT2D eigenvalue weighted by molar-refractivity contribution is -0.138. The Balaban J connectivity index is 1.34. The molecule has 2 aromatic rings. The number of amides is 1. The number of halogens is 4. The van der Waals surface area contributed by atoms with Gasteiger partial charge in [-0.25, -0.2) is 17.5 Å². The number of carbonyl (C=O) groups excluding carboxylic acids is 1. The summed E-state index contributed by atoms with van der Waals surface area (Å²) in [5, 5.41) is 0. The average molecular weight is 499 g/mol. The number of hydrogen-bond acceptors (Lipinski definition) is 3. The Hall–Kier alpha value is -2.46. The third-order valence-electron chi connectivity index (χ3n) is 6.68. The van der Waals surface area contributed by atoms with E-state index in [1.165, 1.54) is 12.1 Å². The molecule has 0 spiro atoms. The largest absolute Gasteiger partial charge is 0.416 e. The number of nitrogens with one attached hydrogen (secondary N) is 1. The maximum absolute atomic E-state index is 13.3. The van der Waals surface area contributed by atoms with Gasteiger partial charge < -0.3 is 4.90 Å². The van der Waals surface area contributed by atoms with Gasteiger partial charge in [-0.3, -0.25) is 4.79 Å². The van der Waals surface area contributed by atoms with Crippen molar-refractivity contribution in [1.29, 1.82) is 0 Å². The van der Waals surface area contributed by atoms with Gasteiger partial charge in [-0.1, -0.05) is 12.1 Å². The molecule has 1 aliphatic heterocycles. The molecular weight excluding hydrogens is 472 g/mol. The lowest BCUT2D eigenvalue weighted by atomic mass is 9.85. The van der Waals surface area contributed by atoms with Crippen molar-refractivity contribution in [2.75, 3.05) is 6.54 Å². The van der Waals surface area contributed by atoms with Gasteiger partial charge in [-0.2, -0.15) is 13.2 Å². The molecule has 0 bridgehead atoms. The van der Waals surface area contributed by atoms with Crippen LogP contribution in [0.4, 0.5) is 17.6 Å². The highest BCUT2D eigenvalue weighted by Gasteiger charge is 2.36. The van der Waals surface area contributed by atoms with Gasteiger partial charge in [0, 0.05) is 18.5 Å². The molecule has 10 heteroatoms. The molecular formula is C24H26F4N2O3S. The molecule has 5 nitrogen and oxygen atoms in total. The first-order valence-corrected chi connectivity index (χ1v) is 12.8. The van der Waals surface area contributed by atoms with E-state index in [1.807, 2.05) is 4.90 Å². The summed E-state index contributed by atoms with van der Waals surface area (Å²) >= 11 is 0. The maximum atomic E-state index is 13.3. The van der Waals surface area contributed by atoms with Crippen LogP contribution < -0.4 is 4.72 Å². The smallest absolute Gasteiger partial charge is 0.335 e. The summed E-state index contributed by atoms with van der Waals surface area (Å²) in [7, 11) is -3.97. The molecule has 1 aliphatic carbocycles. The van der Waals surface area contributed by atoms with Crippen molar-refractivity contribution >= 4 is 15.9 Å². The lowest BCUT2D eigenvalue weighted by Gasteiger charge is -2.33. The number of sulfonamides is 1. The predicted molar refractivity (Wildman–Crippen MR) is 118 cm³/mol. The van der Waals surface area contributed by atoms with Crippen LogP contribution in [0, 0.1) is 11.7 Å². The number of likely N-dealkylation sites (tertiary alicyclic amines) is 1. The highest BCUT2D eigenvalue weighted by atomic mass is 32.2. The number of carbonyl (C=O) groups is 1. The summed E-state index contributed by atoms with van der Waals surface area (Å²) in [5.74, 6) is -0.500. The van der Waals surface area contributed by atoms with Crippen LogP contribution in [-0.4, -0.2) is 31.8 Å². The van der Waals surface area contributed by atoms with Gasteiger partial charge in [0.25, 0.3) is 0 Å². The summed E-state index contributed by atoms with van der Waals surface area (Å²) in [6.45, 7) is 0.640. The minimum atomic E-state index is -4.54. The fourth-order valence-corrected chi connectivity index (χ4v) is 6.17. The van der Waals surface area contributed by atoms with Gasteiger partial charge in [0.2, 0.25) is 15.9 Å². The molecule has 4 rings (SSSR count). The van der Waals surface area contributed by atoms with Gasteiger partial charge in [0.15, 0.2) is 0 Å². The zero-order valence-corrected chi connectivity index (χ0v) is 19.2. The number of rotatable bonds is 5. The van der Waals surface area contributed by atoms with Crippen molar-refractivity contribution in [3.63, 3.8) is 0 Å². The standard InChI is InChI=1S/C24H26F4N2O3S/c25-19-9-3-16(4-10-19)22-2-1-15-30(22)23(31)17-5-11-20(12-6-17)29-34(32,33)21-13-7-18(8-14-21)24(26,27)28/h3-4,7-10,13-14,17,20,22,29H,1-2,5-6,11-12,15H2/t17-,20-,22-/m1/s1. The van der Waals surface area contributed by atoms with Crippen LogP contribution in [0.25, 0.3) is 0 Å². The molecule has 2 aromatic carbocycles. The molecule has 1 amide bonds. The van der Waals surface area contributed by atoms with Crippen LogP contribution >= 0.6 is 0 Å². The summed E-state index contributed by atoms with van der Waals surface area (Å²) in [6, 6.07) is 9.12. The highest BCUT2D eigenvalue weighted by molar-refractivity contribution is 7.89. The number of benzene rings is 2. The van der Waals surface area contributed by atoms with Crippen molar-refractivity contribution in [3.05, 3.63) is 65.5 Å². The van der Waals surface area contributed by atoms with Gasteiger partial charge in [-0.15, -0.1) is 0 Å². The second-order valence-corrected chi connectivity index (χ2v) is 10.6. The zero-order valence-electron chi connectivity index (χ0n) is 18.4. The first-order chi connectivity index (χ1) is 16.0. The van der Waals surface area contributed by atoms with Crippen LogP contribution in [0.1, 0.15) is 55.7 Å². The fourth-order valence-electron chi connectivity index (χ4n) is 4.87. The van der Waals surface area contributed by atoms with Crippen LogP contribution in [-0.2, 0) is 21.0 Å². The lowest BCUT2D eigenvalue weighted by Crippen LogP contribution is -2.42. The van der Waals surface area contributed by atoms with Gasteiger partial charge in [0.05, 0.1) is 16.5 Å². The zero-order chi connectivity index (χ0) is 24.5. The Morgan fingerprint density at radius 3 is 2.12 bits per heavy atom. The third-order valence-corrected chi connectivity index (χ3v) is 8.22. The topological polar surface area (TPSA) is 66.5 Å². The fraction of sp³-hybridized carbons (Fsp3) is 0.458. The average Bonchev–Trinajstić information content (AvgIpc) is 3.29. The Labute approximate surface area is 196 Å². The van der Waals surface area contributed by atoms with Crippen LogP contribution in [0.5, 0.6) is 0 Å². The minimum Gasteiger partial charge on any atom is -0.335 e. The summed E-state index contributed by atoms with van der Waals surface area (Å²) in [4.78, 5) is 14.8. The normalized spacial score (nSPS) is 23.8. The molecule has 1 atom stereocenters. The number of hydrogen-bond donors (Lipinski definition) is 1. The number of nitrogens with zero attached hydrogens (tertiary/aromatic N) is 1.